The van der Waals surface area contributed by atoms with Crippen molar-refractivity contribution in [1.29, 1.82) is 0 Å². The standard InChI is InChI=1S/C6H5F3N2.C4H10O.B/c7-2-1-3(10)6(11)5(9)4(2)8;1-3-5-4-2;/h1H,10-11H2;3-4H2,1-2H3;. The highest BCUT2D eigenvalue weighted by Crippen LogP contribution is 2.23. The van der Waals surface area contributed by atoms with E-state index in [-0.39, 0.29) is 14.1 Å². The lowest BCUT2D eigenvalue weighted by Crippen LogP contribution is -2.02. The summed E-state index contributed by atoms with van der Waals surface area (Å²) in [7, 11) is 0. The Kier molecular flexibility index (Phi) is 9.27. The number of nitrogens with two attached hydrogens (primary N) is 2. The average Bonchev–Trinajstić information content (AvgIpc) is 2.26. The number of halogens is 3. The number of ether oxygens (including phenoxy) is 1. The van der Waals surface area contributed by atoms with Gasteiger partial charge in [-0.1, -0.05) is 0 Å². The number of anilines is 2. The van der Waals surface area contributed by atoms with Crippen LogP contribution in [0.15, 0.2) is 6.07 Å². The summed E-state index contributed by atoms with van der Waals surface area (Å²) in [5.41, 5.74) is 9.09. The SMILES string of the molecule is CCOCC.Nc1cc(F)c(F)c(F)c1N.[B]. The van der Waals surface area contributed by atoms with Gasteiger partial charge < -0.3 is 16.2 Å². The van der Waals surface area contributed by atoms with Crippen molar-refractivity contribution in [2.45, 2.75) is 13.8 Å². The third kappa shape index (κ3) is 5.49. The molecule has 0 saturated heterocycles. The fourth-order valence-corrected chi connectivity index (χ4v) is 0.832. The highest BCUT2D eigenvalue weighted by Gasteiger charge is 2.14. The summed E-state index contributed by atoms with van der Waals surface area (Å²) in [4.78, 5) is 0. The highest BCUT2D eigenvalue weighted by molar-refractivity contribution is 5.75. The van der Waals surface area contributed by atoms with Crippen LogP contribution in [-0.2, 0) is 4.74 Å². The summed E-state index contributed by atoms with van der Waals surface area (Å²) in [5, 5.41) is 0. The van der Waals surface area contributed by atoms with Gasteiger partial charge in [-0.3, -0.25) is 0 Å². The molecule has 4 N–H and O–H groups in total. The summed E-state index contributed by atoms with van der Waals surface area (Å²) < 4.78 is 41.8. The second-order valence-electron chi connectivity index (χ2n) is 2.77. The van der Waals surface area contributed by atoms with Crippen LogP contribution in [-0.4, -0.2) is 21.6 Å². The van der Waals surface area contributed by atoms with Crippen molar-refractivity contribution in [3.63, 3.8) is 0 Å². The molecule has 95 valence electrons. The van der Waals surface area contributed by atoms with Gasteiger partial charge in [0, 0.05) is 27.7 Å². The van der Waals surface area contributed by atoms with E-state index >= 15 is 0 Å². The van der Waals surface area contributed by atoms with E-state index in [1.807, 2.05) is 13.8 Å². The Labute approximate surface area is 101 Å². The lowest BCUT2D eigenvalue weighted by molar-refractivity contribution is 0.162. The van der Waals surface area contributed by atoms with Crippen molar-refractivity contribution in [2.75, 3.05) is 24.7 Å². The zero-order valence-corrected chi connectivity index (χ0v) is 9.77. The van der Waals surface area contributed by atoms with Gasteiger partial charge in [-0.15, -0.1) is 0 Å². The molecule has 0 unspecified atom stereocenters. The summed E-state index contributed by atoms with van der Waals surface area (Å²) in [6, 6.07) is 0.633. The molecule has 1 rings (SSSR count). The van der Waals surface area contributed by atoms with Crippen molar-refractivity contribution >= 4 is 19.8 Å². The third-order valence-corrected chi connectivity index (χ3v) is 1.64. The molecule has 0 saturated carbocycles. The van der Waals surface area contributed by atoms with Gasteiger partial charge in [-0.25, -0.2) is 13.2 Å². The molecular formula is C10H15BF3N2O. The van der Waals surface area contributed by atoms with Crippen LogP contribution in [0.5, 0.6) is 0 Å². The minimum atomic E-state index is -1.60. The van der Waals surface area contributed by atoms with Gasteiger partial charge >= 0.3 is 0 Å². The molecule has 0 aromatic heterocycles. The summed E-state index contributed by atoms with van der Waals surface area (Å²) >= 11 is 0. The van der Waals surface area contributed by atoms with E-state index in [4.69, 9.17) is 16.2 Å². The van der Waals surface area contributed by atoms with Crippen molar-refractivity contribution < 1.29 is 17.9 Å². The van der Waals surface area contributed by atoms with Crippen LogP contribution < -0.4 is 11.5 Å². The van der Waals surface area contributed by atoms with Gasteiger partial charge in [0.15, 0.2) is 17.5 Å². The average molecular weight is 247 g/mol. The Hall–Kier alpha value is -1.37. The van der Waals surface area contributed by atoms with Crippen LogP contribution in [0.3, 0.4) is 0 Å². The van der Waals surface area contributed by atoms with Gasteiger partial charge in [0.05, 0.1) is 11.4 Å². The van der Waals surface area contributed by atoms with Crippen LogP contribution in [0, 0.1) is 17.5 Å². The van der Waals surface area contributed by atoms with E-state index in [2.05, 4.69) is 0 Å². The first-order valence-corrected chi connectivity index (χ1v) is 4.71. The predicted octanol–water partition coefficient (Wildman–Crippen LogP) is 1.93. The molecule has 3 radical (unpaired) electrons. The predicted molar refractivity (Wildman–Crippen MR) is 63.1 cm³/mol. The minimum absolute atomic E-state index is 0. The van der Waals surface area contributed by atoms with Crippen LogP contribution >= 0.6 is 0 Å². The first-order chi connectivity index (χ1) is 7.45. The maximum absolute atomic E-state index is 12.4. The number of hydrogen-bond acceptors (Lipinski definition) is 3. The molecule has 0 aliphatic rings. The molecule has 0 bridgehead atoms. The lowest BCUT2D eigenvalue weighted by Gasteiger charge is -2.02. The highest BCUT2D eigenvalue weighted by atomic mass is 19.2. The monoisotopic (exact) mass is 247 g/mol. The maximum Gasteiger partial charge on any atom is 0.196 e. The summed E-state index contributed by atoms with van der Waals surface area (Å²) in [5.74, 6) is -4.38. The van der Waals surface area contributed by atoms with Gasteiger partial charge in [-0.05, 0) is 13.8 Å². The Bertz CT molecular complexity index is 323. The normalized spacial score (nSPS) is 9.00. The molecule has 0 aliphatic heterocycles. The largest absolute Gasteiger partial charge is 0.397 e. The Morgan fingerprint density at radius 1 is 1.06 bits per heavy atom. The van der Waals surface area contributed by atoms with Crippen molar-refractivity contribution in [2.24, 2.45) is 0 Å². The van der Waals surface area contributed by atoms with E-state index in [9.17, 15) is 13.2 Å². The van der Waals surface area contributed by atoms with E-state index < -0.39 is 23.1 Å². The molecule has 0 heterocycles. The molecular weight excluding hydrogens is 232 g/mol. The fraction of sp³-hybridized carbons (Fsp3) is 0.400. The van der Waals surface area contributed by atoms with Crippen LogP contribution in [0.25, 0.3) is 0 Å². The van der Waals surface area contributed by atoms with Gasteiger partial charge in [0.25, 0.3) is 0 Å². The van der Waals surface area contributed by atoms with E-state index in [0.717, 1.165) is 13.2 Å². The second kappa shape index (κ2) is 8.75. The van der Waals surface area contributed by atoms with Crippen molar-refractivity contribution in [3.8, 4) is 0 Å². The maximum atomic E-state index is 12.4. The third-order valence-electron chi connectivity index (χ3n) is 1.64. The molecule has 7 heteroatoms. The van der Waals surface area contributed by atoms with Gasteiger partial charge in [0.1, 0.15) is 0 Å². The molecule has 1 aromatic carbocycles. The molecule has 0 fully saturated rings. The smallest absolute Gasteiger partial charge is 0.196 e. The van der Waals surface area contributed by atoms with Crippen LogP contribution in [0.2, 0.25) is 0 Å². The second-order valence-corrected chi connectivity index (χ2v) is 2.77. The van der Waals surface area contributed by atoms with Crippen LogP contribution in [0.4, 0.5) is 24.5 Å². The summed E-state index contributed by atoms with van der Waals surface area (Å²) in [6.07, 6.45) is 0. The van der Waals surface area contributed by atoms with E-state index in [1.165, 1.54) is 0 Å². The van der Waals surface area contributed by atoms with Gasteiger partial charge in [0.2, 0.25) is 0 Å². The Morgan fingerprint density at radius 3 is 1.88 bits per heavy atom. The van der Waals surface area contributed by atoms with Crippen molar-refractivity contribution in [1.82, 2.24) is 0 Å². The number of benzene rings is 1. The Morgan fingerprint density at radius 2 is 1.53 bits per heavy atom. The summed E-state index contributed by atoms with van der Waals surface area (Å²) in [6.45, 7) is 5.67. The molecule has 0 amide bonds. The molecule has 0 spiro atoms. The fourth-order valence-electron chi connectivity index (χ4n) is 0.832. The topological polar surface area (TPSA) is 61.3 Å². The number of nitrogen functional groups attached to an aromatic ring is 2. The first kappa shape index (κ1) is 18.0. The zero-order chi connectivity index (χ0) is 12.7. The van der Waals surface area contributed by atoms with Crippen molar-refractivity contribution in [3.05, 3.63) is 23.5 Å². The molecule has 3 nitrogen and oxygen atoms in total. The molecule has 0 aliphatic carbocycles. The lowest BCUT2D eigenvalue weighted by atomic mass is 10.2. The number of rotatable bonds is 2. The van der Waals surface area contributed by atoms with Gasteiger partial charge in [-0.2, -0.15) is 0 Å². The molecule has 17 heavy (non-hydrogen) atoms. The Balaban J connectivity index is 0. The number of hydrogen-bond donors (Lipinski definition) is 2. The van der Waals surface area contributed by atoms with E-state index in [1.54, 1.807) is 0 Å². The quantitative estimate of drug-likeness (QED) is 0.477. The molecule has 0 atom stereocenters. The zero-order valence-electron chi connectivity index (χ0n) is 9.77. The minimum Gasteiger partial charge on any atom is -0.397 e. The van der Waals surface area contributed by atoms with E-state index in [0.29, 0.717) is 6.07 Å². The molecule has 1 aromatic rings. The van der Waals surface area contributed by atoms with Crippen LogP contribution in [0.1, 0.15) is 13.8 Å². The first-order valence-electron chi connectivity index (χ1n) is 4.71.